The van der Waals surface area contributed by atoms with Gasteiger partial charge in [-0.2, -0.15) is 0 Å². The highest BCUT2D eigenvalue weighted by atomic mass is 32.3. The minimum atomic E-state index is -2.52. The molecule has 4 rings (SSSR count). The number of rotatable bonds is 5. The minimum absolute atomic E-state index is 0.0238. The molecule has 0 fully saturated rings. The molecule has 0 aromatic heterocycles. The first kappa shape index (κ1) is 30.6. The Hall–Kier alpha value is -3.37. The van der Waals surface area contributed by atoms with E-state index in [-0.39, 0.29) is 16.2 Å². The van der Waals surface area contributed by atoms with Gasteiger partial charge in [-0.15, -0.1) is 0 Å². The molecular weight excluding hydrogens is 527 g/mol. The lowest BCUT2D eigenvalue weighted by Crippen LogP contribution is -2.16. The van der Waals surface area contributed by atoms with E-state index in [1.165, 1.54) is 41.0 Å². The van der Waals surface area contributed by atoms with Gasteiger partial charge in [0.25, 0.3) is 0 Å². The minimum Gasteiger partial charge on any atom is -0.398 e. The zero-order valence-corrected chi connectivity index (χ0v) is 26.7. The Kier molecular flexibility index (Phi) is 8.30. The molecule has 0 saturated heterocycles. The van der Waals surface area contributed by atoms with Gasteiger partial charge in [0.15, 0.2) is 0 Å². The zero-order chi connectivity index (χ0) is 30.2. The van der Waals surface area contributed by atoms with Crippen LogP contribution in [0.3, 0.4) is 0 Å². The summed E-state index contributed by atoms with van der Waals surface area (Å²) in [7, 11) is -2.52. The molecule has 4 heteroatoms. The molecule has 0 atom stereocenters. The lowest BCUT2D eigenvalue weighted by Gasteiger charge is -2.40. The van der Waals surface area contributed by atoms with Gasteiger partial charge in [-0.3, -0.25) is 0 Å². The fourth-order valence-corrected chi connectivity index (χ4v) is 7.73. The zero-order valence-electron chi connectivity index (χ0n) is 25.8. The summed E-state index contributed by atoms with van der Waals surface area (Å²) in [6.07, 6.45) is 0. The Morgan fingerprint density at radius 3 is 1.07 bits per heavy atom. The van der Waals surface area contributed by atoms with E-state index in [1.54, 1.807) is 0 Å². The fourth-order valence-electron chi connectivity index (χ4n) is 4.74. The molecule has 0 bridgehead atoms. The van der Waals surface area contributed by atoms with Crippen molar-refractivity contribution in [3.63, 3.8) is 0 Å². The molecule has 0 radical (unpaired) electrons. The van der Waals surface area contributed by atoms with Gasteiger partial charge >= 0.3 is 5.97 Å². The molecule has 0 aliphatic heterocycles. The van der Waals surface area contributed by atoms with Crippen LogP contribution in [0.15, 0.2) is 112 Å². The van der Waals surface area contributed by atoms with Gasteiger partial charge in [0.2, 0.25) is 0 Å². The van der Waals surface area contributed by atoms with Crippen LogP contribution < -0.4 is 0 Å². The third kappa shape index (κ3) is 6.59. The number of carbonyl (C=O) groups is 1. The van der Waals surface area contributed by atoms with Crippen molar-refractivity contribution in [1.82, 2.24) is 0 Å². The molecule has 41 heavy (non-hydrogen) atoms. The van der Waals surface area contributed by atoms with E-state index >= 15 is 0 Å². The number of carbonyl (C=O) groups excluding carboxylic acids is 1. The van der Waals surface area contributed by atoms with Crippen LogP contribution in [0.2, 0.25) is 0 Å². The van der Waals surface area contributed by atoms with E-state index in [4.69, 9.17) is 4.18 Å². The van der Waals surface area contributed by atoms with Crippen LogP contribution in [0.1, 0.15) is 89.4 Å². The fraction of sp³-hybridized carbons (Fsp3) is 0.324. The average molecular weight is 571 g/mol. The predicted molar refractivity (Wildman–Crippen MR) is 170 cm³/mol. The van der Waals surface area contributed by atoms with Crippen LogP contribution in [0.5, 0.6) is 0 Å². The molecule has 0 aliphatic carbocycles. The molecule has 0 unspecified atom stereocenters. The van der Waals surface area contributed by atoms with Crippen molar-refractivity contribution < 1.29 is 13.4 Å². The van der Waals surface area contributed by atoms with Crippen LogP contribution in [0.25, 0.3) is 0 Å². The van der Waals surface area contributed by atoms with Crippen LogP contribution in [-0.2, 0) is 20.4 Å². The Bertz CT molecular complexity index is 1340. The average Bonchev–Trinajstić information content (AvgIpc) is 2.91. The van der Waals surface area contributed by atoms with Crippen molar-refractivity contribution in [2.75, 3.05) is 0 Å². The highest BCUT2D eigenvalue weighted by Crippen LogP contribution is 2.69. The largest absolute Gasteiger partial charge is 0.398 e. The first-order chi connectivity index (χ1) is 19.0. The number of hydrogen-bond donors (Lipinski definition) is 0. The normalized spacial score (nSPS) is 13.1. The molecule has 4 aromatic rings. The molecular formula is C37H43FO2S. The van der Waals surface area contributed by atoms with E-state index in [9.17, 15) is 9.18 Å². The molecule has 216 valence electrons. The van der Waals surface area contributed by atoms with Gasteiger partial charge in [0.05, 0.1) is 5.56 Å². The monoisotopic (exact) mass is 570 g/mol. The Labute approximate surface area is 247 Å². The van der Waals surface area contributed by atoms with E-state index in [1.807, 2.05) is 0 Å². The van der Waals surface area contributed by atoms with Crippen LogP contribution in [0, 0.1) is 5.82 Å². The lowest BCUT2D eigenvalue weighted by molar-refractivity contribution is 0.0757. The Morgan fingerprint density at radius 1 is 0.512 bits per heavy atom. The molecule has 4 aromatic carbocycles. The second-order valence-electron chi connectivity index (χ2n) is 13.8. The molecule has 0 amide bonds. The first-order valence-electron chi connectivity index (χ1n) is 14.2. The van der Waals surface area contributed by atoms with Crippen molar-refractivity contribution >= 4 is 16.3 Å². The van der Waals surface area contributed by atoms with E-state index in [0.29, 0.717) is 5.56 Å². The smallest absolute Gasteiger partial charge is 0.349 e. The van der Waals surface area contributed by atoms with Gasteiger partial charge in [-0.25, -0.2) is 9.18 Å². The predicted octanol–water partition coefficient (Wildman–Crippen LogP) is 10.8. The molecule has 0 aliphatic rings. The van der Waals surface area contributed by atoms with Crippen molar-refractivity contribution in [2.24, 2.45) is 0 Å². The summed E-state index contributed by atoms with van der Waals surface area (Å²) in [5.74, 6) is -0.881. The van der Waals surface area contributed by atoms with Crippen LogP contribution >= 0.6 is 10.3 Å². The third-order valence-electron chi connectivity index (χ3n) is 7.44. The van der Waals surface area contributed by atoms with Gasteiger partial charge in [0.1, 0.15) is 5.82 Å². The van der Waals surface area contributed by atoms with Gasteiger partial charge in [-0.05, 0) is 104 Å². The van der Waals surface area contributed by atoms with Crippen molar-refractivity contribution in [1.29, 1.82) is 0 Å². The molecule has 2 nitrogen and oxygen atoms in total. The standard InChI is InChI=1S/C37H43FO2S/c1-35(2,3)27-12-20-31(21-13-27)41(32-22-14-28(15-23-32)36(4,5)6,33-24-16-29(17-25-33)37(7,8)9)40-34(39)26-10-18-30(38)19-11-26/h10-25H,1-9H3. The lowest BCUT2D eigenvalue weighted by atomic mass is 9.87. The van der Waals surface area contributed by atoms with Crippen molar-refractivity contribution in [3.8, 4) is 0 Å². The summed E-state index contributed by atoms with van der Waals surface area (Å²) in [5.41, 5.74) is 3.84. The summed E-state index contributed by atoms with van der Waals surface area (Å²) in [4.78, 5) is 16.6. The summed E-state index contributed by atoms with van der Waals surface area (Å²) >= 11 is 0. The number of hydrogen-bond acceptors (Lipinski definition) is 2. The van der Waals surface area contributed by atoms with Gasteiger partial charge in [0, 0.05) is 14.7 Å². The maximum Gasteiger partial charge on any atom is 0.349 e. The van der Waals surface area contributed by atoms with Crippen LogP contribution in [0.4, 0.5) is 4.39 Å². The summed E-state index contributed by atoms with van der Waals surface area (Å²) in [5, 5.41) is 0. The van der Waals surface area contributed by atoms with E-state index in [0.717, 1.165) is 14.7 Å². The summed E-state index contributed by atoms with van der Waals surface area (Å²) in [6, 6.07) is 31.0. The van der Waals surface area contributed by atoms with E-state index < -0.39 is 22.1 Å². The maximum atomic E-state index is 13.8. The van der Waals surface area contributed by atoms with Crippen molar-refractivity contribution in [3.05, 3.63) is 125 Å². The molecule has 0 spiro atoms. The second-order valence-corrected chi connectivity index (χ2v) is 16.5. The molecule has 0 heterocycles. The van der Waals surface area contributed by atoms with Gasteiger partial charge < -0.3 is 4.18 Å². The SMILES string of the molecule is CC(C)(C)c1ccc(S(OC(=O)c2ccc(F)cc2)(c2ccc(C(C)(C)C)cc2)c2ccc(C(C)(C)C)cc2)cc1. The Morgan fingerprint density at radius 2 is 0.805 bits per heavy atom. The Balaban J connectivity index is 2.00. The van der Waals surface area contributed by atoms with Gasteiger partial charge in [-0.1, -0.05) is 98.7 Å². The quantitative estimate of drug-likeness (QED) is 0.239. The topological polar surface area (TPSA) is 26.3 Å². The highest BCUT2D eigenvalue weighted by Gasteiger charge is 2.37. The number of halogens is 1. The maximum absolute atomic E-state index is 13.8. The highest BCUT2D eigenvalue weighted by molar-refractivity contribution is 8.30. The summed E-state index contributed by atoms with van der Waals surface area (Å²) in [6.45, 7) is 19.7. The molecule has 0 saturated carbocycles. The van der Waals surface area contributed by atoms with E-state index in [2.05, 4.69) is 135 Å². The van der Waals surface area contributed by atoms with Crippen LogP contribution in [-0.4, -0.2) is 5.97 Å². The second kappa shape index (κ2) is 11.1. The number of benzene rings is 4. The van der Waals surface area contributed by atoms with Crippen molar-refractivity contribution in [2.45, 2.75) is 93.2 Å². The molecule has 0 N–H and O–H groups in total. The first-order valence-corrected chi connectivity index (χ1v) is 15.7. The summed E-state index contributed by atoms with van der Waals surface area (Å²) < 4.78 is 20.5. The third-order valence-corrected chi connectivity index (χ3v) is 10.6.